The standard InChI is InChI=1S/C16H29N3OS/c1-11(2)13(17)7-8-19(6)14(20)9-12-10-21-15(18-12)16(3,4)5/h10-11,13H,7-9,17H2,1-6H3. The van der Waals surface area contributed by atoms with Gasteiger partial charge < -0.3 is 10.6 Å². The third kappa shape index (κ3) is 5.75. The monoisotopic (exact) mass is 311 g/mol. The molecule has 0 aromatic carbocycles. The van der Waals surface area contributed by atoms with Gasteiger partial charge in [-0.25, -0.2) is 4.98 Å². The highest BCUT2D eigenvalue weighted by Gasteiger charge is 2.20. The van der Waals surface area contributed by atoms with E-state index in [-0.39, 0.29) is 17.4 Å². The van der Waals surface area contributed by atoms with Gasteiger partial charge in [0.05, 0.1) is 17.1 Å². The first-order chi connectivity index (χ1) is 9.61. The lowest BCUT2D eigenvalue weighted by Crippen LogP contribution is -2.35. The Labute approximate surface area is 132 Å². The minimum atomic E-state index is 0.0436. The number of nitrogens with zero attached hydrogens (tertiary/aromatic N) is 2. The van der Waals surface area contributed by atoms with E-state index in [1.807, 2.05) is 12.4 Å². The van der Waals surface area contributed by atoms with Crippen molar-refractivity contribution in [1.29, 1.82) is 0 Å². The number of nitrogens with two attached hydrogens (primary N) is 1. The largest absolute Gasteiger partial charge is 0.345 e. The molecule has 1 aromatic rings. The predicted octanol–water partition coefficient (Wildman–Crippen LogP) is 2.81. The Morgan fingerprint density at radius 2 is 2.05 bits per heavy atom. The van der Waals surface area contributed by atoms with E-state index in [1.54, 1.807) is 16.2 Å². The minimum absolute atomic E-state index is 0.0436. The molecule has 1 amide bonds. The van der Waals surface area contributed by atoms with Crippen molar-refractivity contribution < 1.29 is 4.79 Å². The van der Waals surface area contributed by atoms with Crippen molar-refractivity contribution in [3.8, 4) is 0 Å². The van der Waals surface area contributed by atoms with Crippen molar-refractivity contribution in [3.05, 3.63) is 16.1 Å². The lowest BCUT2D eigenvalue weighted by Gasteiger charge is -2.21. The summed E-state index contributed by atoms with van der Waals surface area (Å²) in [6.07, 6.45) is 1.21. The average molecular weight is 311 g/mol. The molecule has 0 saturated heterocycles. The SMILES string of the molecule is CC(C)C(N)CCN(C)C(=O)Cc1csc(C(C)(C)C)n1. The summed E-state index contributed by atoms with van der Waals surface area (Å²) in [7, 11) is 1.84. The number of aromatic nitrogens is 1. The Balaban J connectivity index is 2.51. The third-order valence-corrected chi connectivity index (χ3v) is 4.92. The van der Waals surface area contributed by atoms with Gasteiger partial charge in [0.1, 0.15) is 0 Å². The average Bonchev–Trinajstić information content (AvgIpc) is 2.83. The van der Waals surface area contributed by atoms with E-state index in [0.717, 1.165) is 17.1 Å². The number of hydrogen-bond acceptors (Lipinski definition) is 4. The van der Waals surface area contributed by atoms with Gasteiger partial charge >= 0.3 is 0 Å². The number of amides is 1. The van der Waals surface area contributed by atoms with Crippen LogP contribution >= 0.6 is 11.3 Å². The Hall–Kier alpha value is -0.940. The molecule has 1 rings (SSSR count). The zero-order valence-corrected chi connectivity index (χ0v) is 15.0. The number of carbonyl (C=O) groups is 1. The molecule has 0 saturated carbocycles. The normalized spacial score (nSPS) is 13.5. The molecule has 1 heterocycles. The molecule has 1 atom stereocenters. The van der Waals surface area contributed by atoms with Gasteiger partial charge in [-0.2, -0.15) is 0 Å². The number of thiazole rings is 1. The zero-order chi connectivity index (χ0) is 16.2. The molecule has 2 N–H and O–H groups in total. The van der Waals surface area contributed by atoms with Gasteiger partial charge in [0, 0.05) is 30.4 Å². The molecule has 5 heteroatoms. The Morgan fingerprint density at radius 3 is 2.52 bits per heavy atom. The molecule has 1 unspecified atom stereocenters. The molecule has 0 bridgehead atoms. The maximum atomic E-state index is 12.2. The summed E-state index contributed by atoms with van der Waals surface area (Å²) >= 11 is 1.63. The summed E-state index contributed by atoms with van der Waals surface area (Å²) in [5.74, 6) is 0.554. The fourth-order valence-electron chi connectivity index (χ4n) is 1.82. The molecule has 0 radical (unpaired) electrons. The van der Waals surface area contributed by atoms with E-state index in [4.69, 9.17) is 5.73 Å². The number of rotatable bonds is 6. The molecule has 0 aliphatic heterocycles. The molecular formula is C16H29N3OS. The van der Waals surface area contributed by atoms with Crippen LogP contribution in [0.1, 0.15) is 51.7 Å². The summed E-state index contributed by atoms with van der Waals surface area (Å²) in [5, 5.41) is 3.07. The molecule has 0 aliphatic carbocycles. The molecule has 0 spiro atoms. The van der Waals surface area contributed by atoms with Crippen LogP contribution in [0, 0.1) is 5.92 Å². The van der Waals surface area contributed by atoms with Crippen LogP contribution in [0.3, 0.4) is 0 Å². The van der Waals surface area contributed by atoms with Gasteiger partial charge in [0.15, 0.2) is 0 Å². The Morgan fingerprint density at radius 1 is 1.43 bits per heavy atom. The Kier molecular flexibility index (Phi) is 6.35. The van der Waals surface area contributed by atoms with E-state index >= 15 is 0 Å². The summed E-state index contributed by atoms with van der Waals surface area (Å²) in [6, 6.07) is 0.145. The second kappa shape index (κ2) is 7.36. The number of hydrogen-bond donors (Lipinski definition) is 1. The molecule has 4 nitrogen and oxygen atoms in total. The van der Waals surface area contributed by atoms with Crippen molar-refractivity contribution in [2.45, 2.75) is 58.9 Å². The summed E-state index contributed by atoms with van der Waals surface area (Å²) < 4.78 is 0. The van der Waals surface area contributed by atoms with Crippen molar-refractivity contribution >= 4 is 17.2 Å². The smallest absolute Gasteiger partial charge is 0.228 e. The zero-order valence-electron chi connectivity index (χ0n) is 14.1. The number of carbonyl (C=O) groups excluding carboxylic acids is 1. The van der Waals surface area contributed by atoms with Crippen LogP contribution < -0.4 is 5.73 Å². The highest BCUT2D eigenvalue weighted by atomic mass is 32.1. The topological polar surface area (TPSA) is 59.2 Å². The summed E-state index contributed by atoms with van der Waals surface area (Å²) in [4.78, 5) is 18.5. The van der Waals surface area contributed by atoms with Crippen LogP contribution in [0.25, 0.3) is 0 Å². The summed E-state index contributed by atoms with van der Waals surface area (Å²) in [6.45, 7) is 11.3. The fourth-order valence-corrected chi connectivity index (χ4v) is 2.73. The molecule has 0 fully saturated rings. The van der Waals surface area contributed by atoms with Crippen molar-refractivity contribution in [3.63, 3.8) is 0 Å². The van der Waals surface area contributed by atoms with Crippen LogP contribution in [-0.4, -0.2) is 35.4 Å². The predicted molar refractivity (Wildman–Crippen MR) is 89.6 cm³/mol. The highest BCUT2D eigenvalue weighted by Crippen LogP contribution is 2.25. The van der Waals surface area contributed by atoms with Crippen molar-refractivity contribution in [2.24, 2.45) is 11.7 Å². The van der Waals surface area contributed by atoms with Gasteiger partial charge in [-0.1, -0.05) is 34.6 Å². The van der Waals surface area contributed by atoms with Crippen LogP contribution in [-0.2, 0) is 16.6 Å². The quantitative estimate of drug-likeness (QED) is 0.879. The first-order valence-electron chi connectivity index (χ1n) is 7.55. The summed E-state index contributed by atoms with van der Waals surface area (Å²) in [5.41, 5.74) is 6.93. The minimum Gasteiger partial charge on any atom is -0.345 e. The third-order valence-electron chi connectivity index (χ3n) is 3.61. The van der Waals surface area contributed by atoms with Crippen LogP contribution in [0.5, 0.6) is 0 Å². The van der Waals surface area contributed by atoms with Crippen LogP contribution in [0.2, 0.25) is 0 Å². The van der Waals surface area contributed by atoms with Crippen LogP contribution in [0.15, 0.2) is 5.38 Å². The van der Waals surface area contributed by atoms with E-state index in [0.29, 0.717) is 18.9 Å². The van der Waals surface area contributed by atoms with Gasteiger partial charge in [0.25, 0.3) is 0 Å². The maximum Gasteiger partial charge on any atom is 0.228 e. The van der Waals surface area contributed by atoms with Gasteiger partial charge in [-0.05, 0) is 12.3 Å². The lowest BCUT2D eigenvalue weighted by atomic mass is 9.98. The molecule has 0 aliphatic rings. The number of likely N-dealkylation sites (N-methyl/N-ethyl adjacent to an activating group) is 1. The van der Waals surface area contributed by atoms with Crippen LogP contribution in [0.4, 0.5) is 0 Å². The van der Waals surface area contributed by atoms with E-state index in [2.05, 4.69) is 39.6 Å². The highest BCUT2D eigenvalue weighted by molar-refractivity contribution is 7.09. The van der Waals surface area contributed by atoms with E-state index < -0.39 is 0 Å². The second-order valence-electron chi connectivity index (χ2n) is 7.08. The molecular weight excluding hydrogens is 282 g/mol. The molecule has 1 aromatic heterocycles. The van der Waals surface area contributed by atoms with Gasteiger partial charge in [-0.3, -0.25) is 4.79 Å². The van der Waals surface area contributed by atoms with E-state index in [9.17, 15) is 4.79 Å². The maximum absolute atomic E-state index is 12.2. The first-order valence-corrected chi connectivity index (χ1v) is 8.43. The molecule has 120 valence electrons. The van der Waals surface area contributed by atoms with Crippen molar-refractivity contribution in [1.82, 2.24) is 9.88 Å². The molecule has 21 heavy (non-hydrogen) atoms. The fraction of sp³-hybridized carbons (Fsp3) is 0.750. The first kappa shape index (κ1) is 18.1. The van der Waals surface area contributed by atoms with Gasteiger partial charge in [0.2, 0.25) is 5.91 Å². The Bertz CT molecular complexity index is 462. The van der Waals surface area contributed by atoms with E-state index in [1.165, 1.54) is 0 Å². The van der Waals surface area contributed by atoms with Crippen molar-refractivity contribution in [2.75, 3.05) is 13.6 Å². The van der Waals surface area contributed by atoms with Gasteiger partial charge in [-0.15, -0.1) is 11.3 Å². The lowest BCUT2D eigenvalue weighted by molar-refractivity contribution is -0.129. The second-order valence-corrected chi connectivity index (χ2v) is 7.94.